The summed E-state index contributed by atoms with van der Waals surface area (Å²) in [7, 11) is 0. The SMILES string of the molecule is Fc1cccc2c(Nc3nc(-c4ccccc4C(F)(F)F)nc4cccnc34)n[nH]c12. The molecule has 0 radical (unpaired) electrons. The van der Waals surface area contributed by atoms with Crippen molar-refractivity contribution in [3.05, 3.63) is 72.2 Å². The Bertz CT molecular complexity index is 1430. The number of halogens is 4. The minimum Gasteiger partial charge on any atom is -0.321 e. The van der Waals surface area contributed by atoms with Gasteiger partial charge >= 0.3 is 6.18 Å². The number of benzene rings is 2. The number of alkyl halides is 3. The highest BCUT2D eigenvalue weighted by molar-refractivity contribution is 5.95. The molecule has 31 heavy (non-hydrogen) atoms. The van der Waals surface area contributed by atoms with Gasteiger partial charge in [0.1, 0.15) is 16.9 Å². The molecular formula is C21H12F4N6. The third-order valence-electron chi connectivity index (χ3n) is 4.71. The molecule has 154 valence electrons. The second kappa shape index (κ2) is 7.01. The molecule has 0 amide bonds. The maximum absolute atomic E-state index is 14.0. The highest BCUT2D eigenvalue weighted by atomic mass is 19.4. The Labute approximate surface area is 172 Å². The first-order valence-corrected chi connectivity index (χ1v) is 9.11. The number of aromatic amines is 1. The molecule has 0 aliphatic rings. The fourth-order valence-corrected chi connectivity index (χ4v) is 3.31. The first kappa shape index (κ1) is 18.9. The van der Waals surface area contributed by atoms with E-state index in [1.54, 1.807) is 18.2 Å². The van der Waals surface area contributed by atoms with Gasteiger partial charge in [0.05, 0.1) is 11.1 Å². The largest absolute Gasteiger partial charge is 0.417 e. The van der Waals surface area contributed by atoms with Crippen molar-refractivity contribution in [1.29, 1.82) is 0 Å². The molecule has 0 bridgehead atoms. The molecule has 0 saturated heterocycles. The lowest BCUT2D eigenvalue weighted by molar-refractivity contribution is -0.137. The van der Waals surface area contributed by atoms with Gasteiger partial charge in [0, 0.05) is 17.1 Å². The maximum Gasteiger partial charge on any atom is 0.417 e. The molecule has 0 fully saturated rings. The zero-order chi connectivity index (χ0) is 21.6. The van der Waals surface area contributed by atoms with Crippen molar-refractivity contribution in [2.45, 2.75) is 6.18 Å². The number of anilines is 2. The van der Waals surface area contributed by atoms with Gasteiger partial charge in [-0.05, 0) is 30.3 Å². The molecule has 5 aromatic rings. The Morgan fingerprint density at radius 3 is 2.55 bits per heavy atom. The Balaban J connectivity index is 1.70. The smallest absolute Gasteiger partial charge is 0.321 e. The third-order valence-corrected chi connectivity index (χ3v) is 4.71. The van der Waals surface area contributed by atoms with Crippen LogP contribution < -0.4 is 5.32 Å². The van der Waals surface area contributed by atoms with E-state index in [1.807, 2.05) is 0 Å². The van der Waals surface area contributed by atoms with Crippen LogP contribution >= 0.6 is 0 Å². The summed E-state index contributed by atoms with van der Waals surface area (Å²) < 4.78 is 54.6. The summed E-state index contributed by atoms with van der Waals surface area (Å²) in [5, 5.41) is 10.1. The summed E-state index contributed by atoms with van der Waals surface area (Å²) in [6, 6.07) is 12.8. The van der Waals surface area contributed by atoms with E-state index in [2.05, 4.69) is 30.5 Å². The van der Waals surface area contributed by atoms with Crippen molar-refractivity contribution in [3.8, 4) is 11.4 Å². The van der Waals surface area contributed by atoms with Crippen molar-refractivity contribution in [2.24, 2.45) is 0 Å². The highest BCUT2D eigenvalue weighted by Gasteiger charge is 2.34. The summed E-state index contributed by atoms with van der Waals surface area (Å²) in [4.78, 5) is 12.8. The zero-order valence-corrected chi connectivity index (χ0v) is 15.6. The van der Waals surface area contributed by atoms with Crippen molar-refractivity contribution >= 4 is 33.6 Å². The molecule has 5 rings (SSSR count). The summed E-state index contributed by atoms with van der Waals surface area (Å²) in [6.45, 7) is 0. The van der Waals surface area contributed by atoms with E-state index in [4.69, 9.17) is 0 Å². The van der Waals surface area contributed by atoms with Crippen LogP contribution in [-0.2, 0) is 6.18 Å². The second-order valence-corrected chi connectivity index (χ2v) is 6.67. The molecule has 10 heteroatoms. The predicted octanol–water partition coefficient (Wildman–Crippen LogP) is 5.47. The van der Waals surface area contributed by atoms with Gasteiger partial charge in [-0.3, -0.25) is 10.1 Å². The average molecular weight is 424 g/mol. The summed E-state index contributed by atoms with van der Waals surface area (Å²) in [5.74, 6) is -0.198. The molecule has 0 unspecified atom stereocenters. The topological polar surface area (TPSA) is 79.4 Å². The zero-order valence-electron chi connectivity index (χ0n) is 15.6. The average Bonchev–Trinajstić information content (AvgIpc) is 3.17. The van der Waals surface area contributed by atoms with E-state index in [0.717, 1.165) is 6.07 Å². The van der Waals surface area contributed by atoms with Crippen LogP contribution in [0.1, 0.15) is 5.56 Å². The van der Waals surface area contributed by atoms with Crippen LogP contribution in [0, 0.1) is 5.82 Å². The summed E-state index contributed by atoms with van der Waals surface area (Å²) in [6.07, 6.45) is -3.06. The molecule has 0 aliphatic heterocycles. The number of hydrogen-bond acceptors (Lipinski definition) is 5. The van der Waals surface area contributed by atoms with Crippen molar-refractivity contribution in [2.75, 3.05) is 5.32 Å². The number of aromatic nitrogens is 5. The Morgan fingerprint density at radius 1 is 0.871 bits per heavy atom. The molecule has 6 nitrogen and oxygen atoms in total. The van der Waals surface area contributed by atoms with Crippen molar-refractivity contribution in [3.63, 3.8) is 0 Å². The van der Waals surface area contributed by atoms with Gasteiger partial charge in [-0.15, -0.1) is 0 Å². The standard InChI is InChI=1S/C21H12F4N6/c22-14-8-3-6-12-16(14)30-31-19(12)29-20-17-15(9-4-10-26-17)27-18(28-20)11-5-1-2-7-13(11)21(23,24)25/h1-10H,(H2,27,28,29,30,31). The van der Waals surface area contributed by atoms with Gasteiger partial charge in [0.15, 0.2) is 17.5 Å². The van der Waals surface area contributed by atoms with Gasteiger partial charge < -0.3 is 5.32 Å². The molecule has 0 saturated carbocycles. The Morgan fingerprint density at radius 2 is 1.71 bits per heavy atom. The number of fused-ring (bicyclic) bond motifs is 2. The molecular weight excluding hydrogens is 412 g/mol. The Hall–Kier alpha value is -4.08. The number of nitrogens with one attached hydrogen (secondary N) is 2. The van der Waals surface area contributed by atoms with E-state index in [-0.39, 0.29) is 28.5 Å². The van der Waals surface area contributed by atoms with E-state index in [1.165, 1.54) is 36.5 Å². The normalized spacial score (nSPS) is 11.9. The quantitative estimate of drug-likeness (QED) is 0.376. The van der Waals surface area contributed by atoms with Crippen molar-refractivity contribution < 1.29 is 17.6 Å². The lowest BCUT2D eigenvalue weighted by Gasteiger charge is -2.13. The van der Waals surface area contributed by atoms with Crippen LogP contribution in [0.15, 0.2) is 60.8 Å². The minimum absolute atomic E-state index is 0.123. The van der Waals surface area contributed by atoms with E-state index in [0.29, 0.717) is 16.4 Å². The maximum atomic E-state index is 14.0. The molecule has 2 aromatic carbocycles. The lowest BCUT2D eigenvalue weighted by atomic mass is 10.1. The molecule has 0 atom stereocenters. The van der Waals surface area contributed by atoms with Gasteiger partial charge in [-0.25, -0.2) is 14.4 Å². The number of nitrogens with zero attached hydrogens (tertiary/aromatic N) is 4. The van der Waals surface area contributed by atoms with E-state index < -0.39 is 17.6 Å². The minimum atomic E-state index is -4.58. The van der Waals surface area contributed by atoms with Gasteiger partial charge in [-0.1, -0.05) is 24.3 Å². The van der Waals surface area contributed by atoms with E-state index >= 15 is 0 Å². The van der Waals surface area contributed by atoms with Gasteiger partial charge in [0.25, 0.3) is 0 Å². The van der Waals surface area contributed by atoms with Crippen LogP contribution in [0.25, 0.3) is 33.3 Å². The van der Waals surface area contributed by atoms with Gasteiger partial charge in [-0.2, -0.15) is 18.3 Å². The first-order chi connectivity index (χ1) is 14.9. The van der Waals surface area contributed by atoms with Crippen molar-refractivity contribution in [1.82, 2.24) is 25.1 Å². The first-order valence-electron chi connectivity index (χ1n) is 9.11. The summed E-state index contributed by atoms with van der Waals surface area (Å²) >= 11 is 0. The lowest BCUT2D eigenvalue weighted by Crippen LogP contribution is -2.09. The fraction of sp³-hybridized carbons (Fsp3) is 0.0476. The molecule has 3 heterocycles. The number of H-pyrrole nitrogens is 1. The number of para-hydroxylation sites is 1. The van der Waals surface area contributed by atoms with Crippen LogP contribution in [0.4, 0.5) is 29.2 Å². The molecule has 2 N–H and O–H groups in total. The molecule has 0 aliphatic carbocycles. The number of pyridine rings is 1. The van der Waals surface area contributed by atoms with E-state index in [9.17, 15) is 17.6 Å². The molecule has 0 spiro atoms. The number of rotatable bonds is 3. The Kier molecular flexibility index (Phi) is 4.28. The second-order valence-electron chi connectivity index (χ2n) is 6.67. The molecule has 3 aromatic heterocycles. The van der Waals surface area contributed by atoms with Crippen LogP contribution in [-0.4, -0.2) is 25.1 Å². The summed E-state index contributed by atoms with van der Waals surface area (Å²) in [5.41, 5.74) is -0.140. The van der Waals surface area contributed by atoms with Crippen LogP contribution in [0.5, 0.6) is 0 Å². The van der Waals surface area contributed by atoms with Gasteiger partial charge in [0.2, 0.25) is 0 Å². The fourth-order valence-electron chi connectivity index (χ4n) is 3.31. The predicted molar refractivity (Wildman–Crippen MR) is 107 cm³/mol. The monoisotopic (exact) mass is 424 g/mol. The third kappa shape index (κ3) is 3.31. The highest BCUT2D eigenvalue weighted by Crippen LogP contribution is 2.37. The van der Waals surface area contributed by atoms with Crippen LogP contribution in [0.2, 0.25) is 0 Å². The number of hydrogen-bond donors (Lipinski definition) is 2. The van der Waals surface area contributed by atoms with Crippen LogP contribution in [0.3, 0.4) is 0 Å².